The number of ether oxygens (including phenoxy) is 1. The summed E-state index contributed by atoms with van der Waals surface area (Å²) in [6.07, 6.45) is 0. The normalized spacial score (nSPS) is 11.7. The van der Waals surface area contributed by atoms with E-state index in [0.29, 0.717) is 28.8 Å². The fourth-order valence-electron chi connectivity index (χ4n) is 2.44. The van der Waals surface area contributed by atoms with Crippen molar-refractivity contribution in [3.8, 4) is 11.8 Å². The number of hydrogen-bond acceptors (Lipinski definition) is 5. The molecule has 0 spiro atoms. The lowest BCUT2D eigenvalue weighted by Crippen LogP contribution is -2.11. The Hall–Kier alpha value is -3.59. The summed E-state index contributed by atoms with van der Waals surface area (Å²) in [4.78, 5) is 19.0. The number of aliphatic hydroxyl groups excluding tert-OH is 1. The molecule has 0 amide bonds. The number of allylic oxidation sites excluding steroid dienone is 1. The topological polar surface area (TPSA) is 99.0 Å². The van der Waals surface area contributed by atoms with Crippen molar-refractivity contribution < 1.29 is 9.84 Å². The summed E-state index contributed by atoms with van der Waals surface area (Å²) in [5.41, 5.74) is 0.407. The maximum absolute atomic E-state index is 12.2. The van der Waals surface area contributed by atoms with Crippen molar-refractivity contribution in [2.24, 2.45) is 0 Å². The van der Waals surface area contributed by atoms with E-state index in [4.69, 9.17) is 4.74 Å². The van der Waals surface area contributed by atoms with Gasteiger partial charge in [-0.25, -0.2) is 4.98 Å². The second-order valence-corrected chi connectivity index (χ2v) is 5.22. The number of para-hydroxylation sites is 1. The molecule has 0 fully saturated rings. The van der Waals surface area contributed by atoms with Gasteiger partial charge in [0.2, 0.25) is 0 Å². The molecule has 124 valence electrons. The van der Waals surface area contributed by atoms with Crippen molar-refractivity contribution in [2.45, 2.75) is 6.92 Å². The SMILES string of the molecule is CCOc1ccc(/C(O)=C(\C#N)c2nc3ccccc3c(=O)[nH]2)cc1. The summed E-state index contributed by atoms with van der Waals surface area (Å²) in [6.45, 7) is 2.41. The van der Waals surface area contributed by atoms with E-state index in [1.807, 2.05) is 13.0 Å². The molecule has 0 unspecified atom stereocenters. The minimum absolute atomic E-state index is 0.0255. The molecule has 2 aromatic carbocycles. The molecule has 25 heavy (non-hydrogen) atoms. The van der Waals surface area contributed by atoms with Gasteiger partial charge in [-0.15, -0.1) is 0 Å². The minimum Gasteiger partial charge on any atom is -0.506 e. The molecule has 0 bridgehead atoms. The Balaban J connectivity index is 2.11. The van der Waals surface area contributed by atoms with Gasteiger partial charge in [0.15, 0.2) is 5.82 Å². The van der Waals surface area contributed by atoms with Crippen LogP contribution >= 0.6 is 0 Å². The molecule has 0 saturated carbocycles. The molecule has 3 aromatic rings. The number of benzene rings is 2. The van der Waals surface area contributed by atoms with Crippen LogP contribution in [0.5, 0.6) is 5.75 Å². The monoisotopic (exact) mass is 333 g/mol. The number of nitrogens with one attached hydrogen (secondary N) is 1. The number of hydrogen-bond donors (Lipinski definition) is 2. The zero-order chi connectivity index (χ0) is 17.8. The number of nitriles is 1. The molecule has 3 rings (SSSR count). The number of fused-ring (bicyclic) bond motifs is 1. The van der Waals surface area contributed by atoms with Gasteiger partial charge >= 0.3 is 0 Å². The average molecular weight is 333 g/mol. The van der Waals surface area contributed by atoms with Gasteiger partial charge in [-0.3, -0.25) is 4.79 Å². The van der Waals surface area contributed by atoms with Gasteiger partial charge in [0.1, 0.15) is 23.2 Å². The molecule has 0 aliphatic rings. The van der Waals surface area contributed by atoms with Gasteiger partial charge in [-0.2, -0.15) is 5.26 Å². The van der Waals surface area contributed by atoms with E-state index >= 15 is 0 Å². The van der Waals surface area contributed by atoms with E-state index in [-0.39, 0.29) is 22.7 Å². The van der Waals surface area contributed by atoms with Crippen LogP contribution in [-0.2, 0) is 0 Å². The van der Waals surface area contributed by atoms with Crippen LogP contribution in [0.3, 0.4) is 0 Å². The fourth-order valence-corrected chi connectivity index (χ4v) is 2.44. The first-order chi connectivity index (χ1) is 12.1. The van der Waals surface area contributed by atoms with Gasteiger partial charge < -0.3 is 14.8 Å². The summed E-state index contributed by atoms with van der Waals surface area (Å²) in [5.74, 6) is 0.427. The molecule has 1 aromatic heterocycles. The summed E-state index contributed by atoms with van der Waals surface area (Å²) < 4.78 is 5.35. The Morgan fingerprint density at radius 2 is 1.96 bits per heavy atom. The third-order valence-electron chi connectivity index (χ3n) is 3.64. The molecular weight excluding hydrogens is 318 g/mol. The standard InChI is InChI=1S/C19H15N3O3/c1-2-25-13-9-7-12(8-10-13)17(23)15(11-20)18-21-16-6-4-3-5-14(16)19(24)22-18/h3-10,23H,2H2,1H3,(H,21,22,24)/b17-15-. The second-order valence-electron chi connectivity index (χ2n) is 5.22. The van der Waals surface area contributed by atoms with Crippen LogP contribution in [0.2, 0.25) is 0 Å². The zero-order valence-electron chi connectivity index (χ0n) is 13.5. The van der Waals surface area contributed by atoms with Crippen molar-refractivity contribution in [1.29, 1.82) is 5.26 Å². The maximum atomic E-state index is 12.2. The molecule has 0 aliphatic carbocycles. The van der Waals surface area contributed by atoms with Crippen LogP contribution in [0, 0.1) is 11.3 Å². The first-order valence-electron chi connectivity index (χ1n) is 7.70. The molecule has 6 nitrogen and oxygen atoms in total. The molecule has 2 N–H and O–H groups in total. The van der Waals surface area contributed by atoms with E-state index in [1.165, 1.54) is 0 Å². The number of aromatic amines is 1. The summed E-state index contributed by atoms with van der Waals surface area (Å²) in [5, 5.41) is 20.4. The van der Waals surface area contributed by atoms with Gasteiger partial charge in [0, 0.05) is 5.56 Å². The average Bonchev–Trinajstić information content (AvgIpc) is 2.63. The van der Waals surface area contributed by atoms with Crippen molar-refractivity contribution in [2.75, 3.05) is 6.61 Å². The number of rotatable bonds is 4. The summed E-state index contributed by atoms with van der Waals surface area (Å²) in [6, 6.07) is 15.4. The van der Waals surface area contributed by atoms with Gasteiger partial charge in [-0.05, 0) is 43.3 Å². The number of aromatic nitrogens is 2. The Labute approximate surface area is 143 Å². The molecule has 0 aliphatic heterocycles. The van der Waals surface area contributed by atoms with Crippen LogP contribution in [0.15, 0.2) is 53.3 Å². The van der Waals surface area contributed by atoms with Crippen molar-refractivity contribution in [3.63, 3.8) is 0 Å². The molecule has 0 radical (unpaired) electrons. The smallest absolute Gasteiger partial charge is 0.259 e. The van der Waals surface area contributed by atoms with Crippen LogP contribution in [0.1, 0.15) is 18.3 Å². The van der Waals surface area contributed by atoms with Crippen molar-refractivity contribution in [1.82, 2.24) is 9.97 Å². The third kappa shape index (κ3) is 3.21. The molecule has 0 saturated heterocycles. The highest BCUT2D eigenvalue weighted by atomic mass is 16.5. The number of nitrogens with zero attached hydrogens (tertiary/aromatic N) is 2. The molecule has 1 heterocycles. The van der Waals surface area contributed by atoms with E-state index in [9.17, 15) is 15.2 Å². The third-order valence-corrected chi connectivity index (χ3v) is 3.64. The number of aliphatic hydroxyl groups is 1. The van der Waals surface area contributed by atoms with E-state index in [2.05, 4.69) is 9.97 Å². The lowest BCUT2D eigenvalue weighted by atomic mass is 10.1. The Kier molecular flexibility index (Phi) is 4.48. The van der Waals surface area contributed by atoms with Crippen LogP contribution < -0.4 is 10.3 Å². The Bertz CT molecular complexity index is 1040. The Morgan fingerprint density at radius 3 is 2.64 bits per heavy atom. The van der Waals surface area contributed by atoms with Crippen molar-refractivity contribution >= 4 is 22.2 Å². The highest BCUT2D eigenvalue weighted by molar-refractivity contribution is 5.93. The maximum Gasteiger partial charge on any atom is 0.259 e. The van der Waals surface area contributed by atoms with E-state index in [0.717, 1.165) is 0 Å². The minimum atomic E-state index is -0.368. The van der Waals surface area contributed by atoms with Gasteiger partial charge in [0.25, 0.3) is 5.56 Å². The first-order valence-corrected chi connectivity index (χ1v) is 7.70. The van der Waals surface area contributed by atoms with E-state index in [1.54, 1.807) is 48.5 Å². The van der Waals surface area contributed by atoms with Crippen LogP contribution in [0.25, 0.3) is 22.2 Å². The summed E-state index contributed by atoms with van der Waals surface area (Å²) >= 11 is 0. The van der Waals surface area contributed by atoms with Gasteiger partial charge in [0.05, 0.1) is 17.5 Å². The summed E-state index contributed by atoms with van der Waals surface area (Å²) in [7, 11) is 0. The molecule has 0 atom stereocenters. The highest BCUT2D eigenvalue weighted by Gasteiger charge is 2.14. The van der Waals surface area contributed by atoms with Crippen LogP contribution in [0.4, 0.5) is 0 Å². The van der Waals surface area contributed by atoms with Crippen molar-refractivity contribution in [3.05, 3.63) is 70.3 Å². The van der Waals surface area contributed by atoms with Crippen LogP contribution in [-0.4, -0.2) is 21.7 Å². The predicted octanol–water partition coefficient (Wildman–Crippen LogP) is 3.27. The van der Waals surface area contributed by atoms with E-state index < -0.39 is 0 Å². The quantitative estimate of drug-likeness (QED) is 0.564. The molecule has 6 heteroatoms. The highest BCUT2D eigenvalue weighted by Crippen LogP contribution is 2.24. The van der Waals surface area contributed by atoms with Gasteiger partial charge in [-0.1, -0.05) is 12.1 Å². The predicted molar refractivity (Wildman–Crippen MR) is 95.0 cm³/mol. The Morgan fingerprint density at radius 1 is 1.24 bits per heavy atom. The lowest BCUT2D eigenvalue weighted by Gasteiger charge is -2.07. The fraction of sp³-hybridized carbons (Fsp3) is 0.105. The first kappa shape index (κ1) is 16.3. The lowest BCUT2D eigenvalue weighted by molar-refractivity contribution is 0.340. The molecular formula is C19H15N3O3. The largest absolute Gasteiger partial charge is 0.506 e. The number of H-pyrrole nitrogens is 1. The second kappa shape index (κ2) is 6.89. The zero-order valence-corrected chi connectivity index (χ0v) is 13.5.